The van der Waals surface area contributed by atoms with E-state index < -0.39 is 0 Å². The first kappa shape index (κ1) is 20.7. The van der Waals surface area contributed by atoms with Crippen molar-refractivity contribution in [3.63, 3.8) is 0 Å². The van der Waals surface area contributed by atoms with Crippen LogP contribution < -0.4 is 14.2 Å². The lowest BCUT2D eigenvalue weighted by Gasteiger charge is -2.40. The van der Waals surface area contributed by atoms with E-state index in [0.717, 1.165) is 42.1 Å². The van der Waals surface area contributed by atoms with Gasteiger partial charge in [-0.25, -0.2) is 0 Å². The molecule has 1 aliphatic carbocycles. The van der Waals surface area contributed by atoms with Crippen LogP contribution in [0.15, 0.2) is 18.2 Å². The maximum absolute atomic E-state index is 5.84. The van der Waals surface area contributed by atoms with E-state index in [4.69, 9.17) is 14.2 Å². The molecule has 1 aromatic rings. The molecule has 0 aromatic heterocycles. The minimum Gasteiger partial charge on any atom is -0.496 e. The Kier molecular flexibility index (Phi) is 6.65. The van der Waals surface area contributed by atoms with Crippen LogP contribution in [0.4, 0.5) is 0 Å². The molecule has 1 unspecified atom stereocenters. The number of aryl methyl sites for hydroxylation is 1. The normalized spacial score (nSPS) is 19.5. The second-order valence-corrected chi connectivity index (χ2v) is 8.46. The fourth-order valence-electron chi connectivity index (χ4n) is 4.58. The summed E-state index contributed by atoms with van der Waals surface area (Å²) in [5.74, 6) is 3.35. The van der Waals surface area contributed by atoms with Crippen LogP contribution in [0.25, 0.3) is 0 Å². The van der Waals surface area contributed by atoms with E-state index in [1.165, 1.54) is 24.0 Å². The maximum Gasteiger partial charge on any atom is 0.167 e. The van der Waals surface area contributed by atoms with Crippen molar-refractivity contribution in [2.24, 2.45) is 11.3 Å². The van der Waals surface area contributed by atoms with Gasteiger partial charge >= 0.3 is 0 Å². The largest absolute Gasteiger partial charge is 0.496 e. The molecule has 0 amide bonds. The van der Waals surface area contributed by atoms with Crippen LogP contribution >= 0.6 is 0 Å². The van der Waals surface area contributed by atoms with Crippen LogP contribution in [-0.2, 0) is 6.42 Å². The second-order valence-electron chi connectivity index (χ2n) is 8.46. The smallest absolute Gasteiger partial charge is 0.167 e. The fourth-order valence-corrected chi connectivity index (χ4v) is 4.58. The first-order valence-corrected chi connectivity index (χ1v) is 9.76. The van der Waals surface area contributed by atoms with E-state index >= 15 is 0 Å². The quantitative estimate of drug-likeness (QED) is 0.546. The van der Waals surface area contributed by atoms with Gasteiger partial charge in [0.15, 0.2) is 11.5 Å². The van der Waals surface area contributed by atoms with E-state index in [1.54, 1.807) is 21.3 Å². The van der Waals surface area contributed by atoms with Crippen molar-refractivity contribution in [2.75, 3.05) is 21.3 Å². The van der Waals surface area contributed by atoms with Crippen LogP contribution in [0.1, 0.15) is 70.4 Å². The summed E-state index contributed by atoms with van der Waals surface area (Å²) in [4.78, 5) is 0. The third kappa shape index (κ3) is 4.02. The van der Waals surface area contributed by atoms with Gasteiger partial charge in [-0.05, 0) is 61.0 Å². The van der Waals surface area contributed by atoms with Crippen molar-refractivity contribution < 1.29 is 14.2 Å². The molecule has 0 aliphatic heterocycles. The van der Waals surface area contributed by atoms with Gasteiger partial charge in [0.05, 0.1) is 21.3 Å². The van der Waals surface area contributed by atoms with Gasteiger partial charge in [-0.15, -0.1) is 0 Å². The van der Waals surface area contributed by atoms with Crippen LogP contribution in [0.5, 0.6) is 17.2 Å². The number of methoxy groups -OCH3 is 3. The van der Waals surface area contributed by atoms with E-state index in [2.05, 4.69) is 40.3 Å². The summed E-state index contributed by atoms with van der Waals surface area (Å²) < 4.78 is 17.1. The third-order valence-electron chi connectivity index (χ3n) is 5.97. The van der Waals surface area contributed by atoms with Crippen molar-refractivity contribution in [1.82, 2.24) is 0 Å². The van der Waals surface area contributed by atoms with Gasteiger partial charge in [0, 0.05) is 5.56 Å². The molecule has 1 aliphatic rings. The molecule has 0 heterocycles. The Hall–Kier alpha value is -1.64. The predicted octanol–water partition coefficient (Wildman–Crippen LogP) is 6.15. The van der Waals surface area contributed by atoms with Crippen LogP contribution in [0.3, 0.4) is 0 Å². The molecule has 26 heavy (non-hydrogen) atoms. The molecule has 3 heteroatoms. The van der Waals surface area contributed by atoms with Crippen LogP contribution in [0, 0.1) is 11.3 Å². The van der Waals surface area contributed by atoms with Gasteiger partial charge in [0.2, 0.25) is 0 Å². The molecular weight excluding hydrogens is 324 g/mol. The molecule has 0 radical (unpaired) electrons. The number of benzene rings is 1. The Morgan fingerprint density at radius 2 is 1.77 bits per heavy atom. The number of ether oxygens (including phenoxy) is 3. The van der Waals surface area contributed by atoms with Crippen LogP contribution in [0.2, 0.25) is 0 Å². The monoisotopic (exact) mass is 360 g/mol. The highest BCUT2D eigenvalue weighted by Crippen LogP contribution is 2.48. The molecule has 0 spiro atoms. The van der Waals surface area contributed by atoms with Gasteiger partial charge in [0.1, 0.15) is 5.75 Å². The van der Waals surface area contributed by atoms with E-state index in [-0.39, 0.29) is 5.92 Å². The SMILES string of the molecule is C=C1CCCC(C)(C)C1CCc1cc(OC)c(OC)c(C(C)C)c1OC. The number of hydrogen-bond acceptors (Lipinski definition) is 3. The summed E-state index contributed by atoms with van der Waals surface area (Å²) in [5.41, 5.74) is 4.01. The summed E-state index contributed by atoms with van der Waals surface area (Å²) in [6, 6.07) is 2.09. The Bertz CT molecular complexity index is 643. The van der Waals surface area contributed by atoms with Gasteiger partial charge in [-0.2, -0.15) is 0 Å². The molecule has 1 atom stereocenters. The number of rotatable bonds is 7. The maximum atomic E-state index is 5.84. The number of hydrogen-bond donors (Lipinski definition) is 0. The molecule has 146 valence electrons. The summed E-state index contributed by atoms with van der Waals surface area (Å²) in [6.07, 6.45) is 5.75. The highest BCUT2D eigenvalue weighted by Gasteiger charge is 2.34. The summed E-state index contributed by atoms with van der Waals surface area (Å²) in [7, 11) is 5.14. The molecule has 1 aromatic carbocycles. The lowest BCUT2D eigenvalue weighted by atomic mass is 9.65. The van der Waals surface area contributed by atoms with Crippen molar-refractivity contribution in [3.05, 3.63) is 29.3 Å². The topological polar surface area (TPSA) is 27.7 Å². The van der Waals surface area contributed by atoms with E-state index in [1.807, 2.05) is 0 Å². The minimum absolute atomic E-state index is 0.287. The average molecular weight is 361 g/mol. The van der Waals surface area contributed by atoms with Gasteiger partial charge in [-0.1, -0.05) is 39.8 Å². The highest BCUT2D eigenvalue weighted by atomic mass is 16.5. The zero-order valence-electron chi connectivity index (χ0n) is 17.7. The molecule has 1 saturated carbocycles. The van der Waals surface area contributed by atoms with Crippen molar-refractivity contribution in [1.29, 1.82) is 0 Å². The van der Waals surface area contributed by atoms with Gasteiger partial charge in [-0.3, -0.25) is 0 Å². The summed E-state index contributed by atoms with van der Waals surface area (Å²) in [5, 5.41) is 0. The molecule has 0 saturated heterocycles. The molecular formula is C23H36O3. The zero-order valence-corrected chi connectivity index (χ0v) is 17.7. The number of allylic oxidation sites excluding steroid dienone is 1. The molecule has 0 bridgehead atoms. The van der Waals surface area contributed by atoms with Crippen molar-refractivity contribution in [2.45, 2.75) is 65.7 Å². The lowest BCUT2D eigenvalue weighted by molar-refractivity contribution is 0.180. The van der Waals surface area contributed by atoms with Crippen LogP contribution in [-0.4, -0.2) is 21.3 Å². The van der Waals surface area contributed by atoms with E-state index in [0.29, 0.717) is 11.3 Å². The molecule has 1 fully saturated rings. The zero-order chi connectivity index (χ0) is 19.5. The van der Waals surface area contributed by atoms with Gasteiger partial charge in [0.25, 0.3) is 0 Å². The minimum atomic E-state index is 0.287. The second kappa shape index (κ2) is 8.37. The van der Waals surface area contributed by atoms with E-state index in [9.17, 15) is 0 Å². The summed E-state index contributed by atoms with van der Waals surface area (Å²) in [6.45, 7) is 13.5. The Balaban J connectivity index is 2.39. The van der Waals surface area contributed by atoms with Gasteiger partial charge < -0.3 is 14.2 Å². The molecule has 0 N–H and O–H groups in total. The third-order valence-corrected chi connectivity index (χ3v) is 5.97. The molecule has 3 nitrogen and oxygen atoms in total. The Morgan fingerprint density at radius 1 is 1.12 bits per heavy atom. The van der Waals surface area contributed by atoms with Crippen molar-refractivity contribution >= 4 is 0 Å². The Morgan fingerprint density at radius 3 is 2.27 bits per heavy atom. The summed E-state index contributed by atoms with van der Waals surface area (Å²) >= 11 is 0. The van der Waals surface area contributed by atoms with Crippen molar-refractivity contribution in [3.8, 4) is 17.2 Å². The average Bonchev–Trinajstić information content (AvgIpc) is 2.59. The Labute approximate surface area is 159 Å². The lowest BCUT2D eigenvalue weighted by Crippen LogP contribution is -2.29. The first-order chi connectivity index (χ1) is 12.3. The molecule has 2 rings (SSSR count). The first-order valence-electron chi connectivity index (χ1n) is 9.76. The standard InChI is InChI=1S/C23H36O3/c1-15(2)20-21(25-7)17(14-19(24-6)22(20)26-8)11-12-18-16(3)10-9-13-23(18,4)5/h14-15,18H,3,9-13H2,1-2,4-8H3. The predicted molar refractivity (Wildman–Crippen MR) is 109 cm³/mol. The highest BCUT2D eigenvalue weighted by molar-refractivity contribution is 5.59. The fraction of sp³-hybridized carbons (Fsp3) is 0.652.